The van der Waals surface area contributed by atoms with Crippen LogP contribution in [0.25, 0.3) is 0 Å². The van der Waals surface area contributed by atoms with Gasteiger partial charge in [-0.25, -0.2) is 0 Å². The SMILES string of the molecule is CCCNC(=NC)NCCCc1ccccc1Cl. The average molecular weight is 268 g/mol. The summed E-state index contributed by atoms with van der Waals surface area (Å²) in [6, 6.07) is 8.00. The van der Waals surface area contributed by atoms with E-state index >= 15 is 0 Å². The maximum atomic E-state index is 6.11. The van der Waals surface area contributed by atoms with Gasteiger partial charge in [0, 0.05) is 25.2 Å². The molecule has 0 aliphatic rings. The summed E-state index contributed by atoms with van der Waals surface area (Å²) in [5.74, 6) is 0.871. The molecule has 0 aliphatic carbocycles. The number of halogens is 1. The Kier molecular flexibility index (Phi) is 7.26. The Balaban J connectivity index is 2.24. The Hall–Kier alpha value is -1.22. The topological polar surface area (TPSA) is 36.4 Å². The predicted octanol–water partition coefficient (Wildman–Crippen LogP) is 2.85. The normalized spacial score (nSPS) is 11.4. The minimum absolute atomic E-state index is 0.853. The van der Waals surface area contributed by atoms with Crippen molar-refractivity contribution in [2.45, 2.75) is 26.2 Å². The Morgan fingerprint density at radius 2 is 1.94 bits per heavy atom. The predicted molar refractivity (Wildman–Crippen MR) is 79.4 cm³/mol. The van der Waals surface area contributed by atoms with Crippen LogP contribution in [0.2, 0.25) is 5.02 Å². The maximum absolute atomic E-state index is 6.11. The molecule has 18 heavy (non-hydrogen) atoms. The largest absolute Gasteiger partial charge is 0.356 e. The third kappa shape index (κ3) is 5.41. The molecule has 0 radical (unpaired) electrons. The number of guanidine groups is 1. The number of rotatable bonds is 6. The van der Waals surface area contributed by atoms with E-state index in [4.69, 9.17) is 11.6 Å². The van der Waals surface area contributed by atoms with Crippen LogP contribution in [-0.4, -0.2) is 26.1 Å². The van der Waals surface area contributed by atoms with Crippen LogP contribution >= 0.6 is 11.6 Å². The Morgan fingerprint density at radius 3 is 2.61 bits per heavy atom. The van der Waals surface area contributed by atoms with E-state index in [-0.39, 0.29) is 0 Å². The number of nitrogens with one attached hydrogen (secondary N) is 2. The Bertz CT molecular complexity index is 377. The first-order chi connectivity index (χ1) is 8.77. The highest BCUT2D eigenvalue weighted by atomic mass is 35.5. The van der Waals surface area contributed by atoms with Gasteiger partial charge in [-0.2, -0.15) is 0 Å². The van der Waals surface area contributed by atoms with Crippen LogP contribution < -0.4 is 10.6 Å². The van der Waals surface area contributed by atoms with Gasteiger partial charge in [-0.15, -0.1) is 0 Å². The van der Waals surface area contributed by atoms with Crippen molar-refractivity contribution >= 4 is 17.6 Å². The van der Waals surface area contributed by atoms with E-state index in [1.165, 1.54) is 5.56 Å². The number of aryl methyl sites for hydroxylation is 1. The fourth-order valence-corrected chi connectivity index (χ4v) is 1.88. The number of nitrogens with zero attached hydrogens (tertiary/aromatic N) is 1. The molecular formula is C14H22ClN3. The summed E-state index contributed by atoms with van der Waals surface area (Å²) >= 11 is 6.11. The van der Waals surface area contributed by atoms with Crippen molar-refractivity contribution in [3.8, 4) is 0 Å². The average Bonchev–Trinajstić information content (AvgIpc) is 2.40. The summed E-state index contributed by atoms with van der Waals surface area (Å²) in [6.45, 7) is 3.98. The molecule has 1 aromatic carbocycles. The van der Waals surface area contributed by atoms with Crippen molar-refractivity contribution in [3.05, 3.63) is 34.9 Å². The van der Waals surface area contributed by atoms with Crippen molar-refractivity contribution < 1.29 is 0 Å². The lowest BCUT2D eigenvalue weighted by Crippen LogP contribution is -2.38. The van der Waals surface area contributed by atoms with Crippen molar-refractivity contribution in [1.82, 2.24) is 10.6 Å². The number of hydrogen-bond acceptors (Lipinski definition) is 1. The van der Waals surface area contributed by atoms with Crippen LogP contribution in [0.5, 0.6) is 0 Å². The van der Waals surface area contributed by atoms with Crippen LogP contribution in [-0.2, 0) is 6.42 Å². The van der Waals surface area contributed by atoms with Crippen LogP contribution in [0, 0.1) is 0 Å². The number of aliphatic imine (C=N–C) groups is 1. The second-order valence-electron chi connectivity index (χ2n) is 4.12. The van der Waals surface area contributed by atoms with Crippen LogP contribution in [0.1, 0.15) is 25.3 Å². The monoisotopic (exact) mass is 267 g/mol. The maximum Gasteiger partial charge on any atom is 0.190 e. The first kappa shape index (κ1) is 14.8. The molecule has 0 spiro atoms. The van der Waals surface area contributed by atoms with Gasteiger partial charge in [0.15, 0.2) is 5.96 Å². The van der Waals surface area contributed by atoms with Gasteiger partial charge in [0.1, 0.15) is 0 Å². The van der Waals surface area contributed by atoms with Gasteiger partial charge >= 0.3 is 0 Å². The molecule has 1 aromatic rings. The van der Waals surface area contributed by atoms with E-state index in [0.717, 1.165) is 43.3 Å². The van der Waals surface area contributed by atoms with E-state index in [1.54, 1.807) is 7.05 Å². The number of hydrogen-bond donors (Lipinski definition) is 2. The summed E-state index contributed by atoms with van der Waals surface area (Å²) in [5, 5.41) is 7.38. The minimum Gasteiger partial charge on any atom is -0.356 e. The zero-order valence-electron chi connectivity index (χ0n) is 11.2. The molecule has 4 heteroatoms. The Labute approximate surface area is 115 Å². The molecule has 0 aromatic heterocycles. The molecule has 100 valence electrons. The third-order valence-electron chi connectivity index (χ3n) is 2.64. The van der Waals surface area contributed by atoms with Crippen LogP contribution in [0.15, 0.2) is 29.3 Å². The molecule has 0 saturated carbocycles. The summed E-state index contributed by atoms with van der Waals surface area (Å²) in [4.78, 5) is 4.16. The van der Waals surface area contributed by atoms with Gasteiger partial charge in [0.2, 0.25) is 0 Å². The van der Waals surface area contributed by atoms with Crippen molar-refractivity contribution in [2.24, 2.45) is 4.99 Å². The summed E-state index contributed by atoms with van der Waals surface area (Å²) < 4.78 is 0. The second kappa shape index (κ2) is 8.81. The van der Waals surface area contributed by atoms with Crippen LogP contribution in [0.3, 0.4) is 0 Å². The van der Waals surface area contributed by atoms with Crippen molar-refractivity contribution in [2.75, 3.05) is 20.1 Å². The molecule has 0 atom stereocenters. The van der Waals surface area contributed by atoms with Gasteiger partial charge in [0.05, 0.1) is 0 Å². The summed E-state index contributed by atoms with van der Waals surface area (Å²) in [7, 11) is 1.79. The Morgan fingerprint density at radius 1 is 1.22 bits per heavy atom. The second-order valence-corrected chi connectivity index (χ2v) is 4.53. The van der Waals surface area contributed by atoms with Gasteiger partial charge in [-0.1, -0.05) is 36.7 Å². The molecule has 2 N–H and O–H groups in total. The fraction of sp³-hybridized carbons (Fsp3) is 0.500. The zero-order chi connectivity index (χ0) is 13.2. The van der Waals surface area contributed by atoms with E-state index in [1.807, 2.05) is 18.2 Å². The minimum atomic E-state index is 0.853. The molecule has 0 fully saturated rings. The van der Waals surface area contributed by atoms with E-state index in [0.29, 0.717) is 0 Å². The molecule has 0 saturated heterocycles. The standard InChI is InChI=1S/C14H22ClN3/c1-3-10-17-14(16-2)18-11-6-8-12-7-4-5-9-13(12)15/h4-5,7,9H,3,6,8,10-11H2,1-2H3,(H2,16,17,18). The lowest BCUT2D eigenvalue weighted by molar-refractivity contribution is 0.735. The van der Waals surface area contributed by atoms with E-state index in [9.17, 15) is 0 Å². The molecule has 0 amide bonds. The molecule has 0 unspecified atom stereocenters. The first-order valence-corrected chi connectivity index (χ1v) is 6.83. The van der Waals surface area contributed by atoms with Crippen LogP contribution in [0.4, 0.5) is 0 Å². The molecule has 0 aliphatic heterocycles. The van der Waals surface area contributed by atoms with E-state index in [2.05, 4.69) is 28.6 Å². The quantitative estimate of drug-likeness (QED) is 0.472. The van der Waals surface area contributed by atoms with Gasteiger partial charge in [-0.05, 0) is 30.9 Å². The highest BCUT2D eigenvalue weighted by Gasteiger charge is 1.99. The fourth-order valence-electron chi connectivity index (χ4n) is 1.65. The summed E-state index contributed by atoms with van der Waals surface area (Å²) in [6.07, 6.45) is 3.12. The van der Waals surface area contributed by atoms with Gasteiger partial charge < -0.3 is 10.6 Å². The molecule has 0 bridgehead atoms. The van der Waals surface area contributed by atoms with E-state index < -0.39 is 0 Å². The molecule has 0 heterocycles. The van der Waals surface area contributed by atoms with Crippen molar-refractivity contribution in [3.63, 3.8) is 0 Å². The highest BCUT2D eigenvalue weighted by molar-refractivity contribution is 6.31. The molecular weight excluding hydrogens is 246 g/mol. The highest BCUT2D eigenvalue weighted by Crippen LogP contribution is 2.16. The third-order valence-corrected chi connectivity index (χ3v) is 3.01. The van der Waals surface area contributed by atoms with Gasteiger partial charge in [-0.3, -0.25) is 4.99 Å². The molecule has 3 nitrogen and oxygen atoms in total. The van der Waals surface area contributed by atoms with Gasteiger partial charge in [0.25, 0.3) is 0 Å². The zero-order valence-corrected chi connectivity index (χ0v) is 11.9. The smallest absolute Gasteiger partial charge is 0.190 e. The van der Waals surface area contributed by atoms with Crippen molar-refractivity contribution in [1.29, 1.82) is 0 Å². The molecule has 1 rings (SSSR count). The summed E-state index contributed by atoms with van der Waals surface area (Å²) in [5.41, 5.74) is 1.21. The first-order valence-electron chi connectivity index (χ1n) is 6.45. The number of benzene rings is 1. The lowest BCUT2D eigenvalue weighted by atomic mass is 10.1. The lowest BCUT2D eigenvalue weighted by Gasteiger charge is -2.11.